The van der Waals surface area contributed by atoms with Gasteiger partial charge in [0, 0.05) is 12.1 Å². The van der Waals surface area contributed by atoms with Crippen molar-refractivity contribution in [1.82, 2.24) is 0 Å². The van der Waals surface area contributed by atoms with E-state index in [1.54, 1.807) is 37.3 Å². The minimum absolute atomic E-state index is 0.0162. The first kappa shape index (κ1) is 20.0. The largest absolute Gasteiger partial charge is 0.454 e. The standard InChI is InChI=1S/C20H21NO6S/c1-2-28(25,26)21-10-9-16-11-17(7-8-18(16)21)19(23)13-27-20(24)15-5-3-14(12-22)4-6-15/h3-8,11,22H,2,9-10,12-13H2,1H3. The first-order valence-electron chi connectivity index (χ1n) is 8.89. The fourth-order valence-electron chi connectivity index (χ4n) is 3.03. The Balaban J connectivity index is 1.66. The zero-order valence-electron chi connectivity index (χ0n) is 15.4. The van der Waals surface area contributed by atoms with E-state index in [1.807, 2.05) is 0 Å². The SMILES string of the molecule is CCS(=O)(=O)N1CCc2cc(C(=O)COC(=O)c3ccc(CO)cc3)ccc21. The Hall–Kier alpha value is -2.71. The van der Waals surface area contributed by atoms with Crippen molar-refractivity contribution < 1.29 is 27.9 Å². The number of sulfonamides is 1. The molecule has 0 radical (unpaired) electrons. The number of benzene rings is 2. The summed E-state index contributed by atoms with van der Waals surface area (Å²) < 4.78 is 30.7. The molecule has 2 aromatic carbocycles. The van der Waals surface area contributed by atoms with Crippen molar-refractivity contribution in [3.63, 3.8) is 0 Å². The number of ether oxygens (including phenoxy) is 1. The molecule has 148 valence electrons. The maximum Gasteiger partial charge on any atom is 0.338 e. The van der Waals surface area contributed by atoms with Crippen LogP contribution < -0.4 is 4.31 Å². The summed E-state index contributed by atoms with van der Waals surface area (Å²) in [4.78, 5) is 24.4. The number of Topliss-reactive ketones (excluding diaryl/α,β-unsaturated/α-hetero) is 1. The molecule has 0 atom stereocenters. The lowest BCUT2D eigenvalue weighted by molar-refractivity contribution is 0.0474. The van der Waals surface area contributed by atoms with Gasteiger partial charge >= 0.3 is 5.97 Å². The summed E-state index contributed by atoms with van der Waals surface area (Å²) in [7, 11) is -3.34. The third-order valence-electron chi connectivity index (χ3n) is 4.66. The molecule has 0 unspecified atom stereocenters. The van der Waals surface area contributed by atoms with E-state index >= 15 is 0 Å². The zero-order valence-corrected chi connectivity index (χ0v) is 16.2. The molecule has 7 nitrogen and oxygen atoms in total. The minimum Gasteiger partial charge on any atom is -0.454 e. The molecule has 0 fully saturated rings. The Kier molecular flexibility index (Phi) is 5.81. The molecule has 0 amide bonds. The van der Waals surface area contributed by atoms with Gasteiger partial charge < -0.3 is 9.84 Å². The summed E-state index contributed by atoms with van der Waals surface area (Å²) in [5.74, 6) is -0.971. The number of carbonyl (C=O) groups excluding carboxylic acids is 2. The van der Waals surface area contributed by atoms with Crippen molar-refractivity contribution in [3.8, 4) is 0 Å². The molecule has 1 aliphatic rings. The molecule has 0 bridgehead atoms. The van der Waals surface area contributed by atoms with E-state index < -0.39 is 22.6 Å². The molecule has 0 saturated heterocycles. The van der Waals surface area contributed by atoms with Crippen molar-refractivity contribution in [2.45, 2.75) is 20.0 Å². The van der Waals surface area contributed by atoms with Crippen LogP contribution in [-0.4, -0.2) is 44.2 Å². The Bertz CT molecular complexity index is 998. The monoisotopic (exact) mass is 403 g/mol. The molecule has 0 spiro atoms. The summed E-state index contributed by atoms with van der Waals surface area (Å²) in [6, 6.07) is 11.1. The van der Waals surface area contributed by atoms with Gasteiger partial charge in [-0.2, -0.15) is 0 Å². The number of carbonyl (C=O) groups is 2. The van der Waals surface area contributed by atoms with Gasteiger partial charge in [0.05, 0.1) is 23.6 Å². The van der Waals surface area contributed by atoms with Crippen LogP contribution in [0.3, 0.4) is 0 Å². The van der Waals surface area contributed by atoms with Crippen LogP contribution in [-0.2, 0) is 27.8 Å². The number of aliphatic hydroxyl groups is 1. The van der Waals surface area contributed by atoms with Crippen LogP contribution in [0.15, 0.2) is 42.5 Å². The molecule has 0 aromatic heterocycles. The number of rotatable bonds is 7. The van der Waals surface area contributed by atoms with Gasteiger partial charge in [0.1, 0.15) is 0 Å². The lowest BCUT2D eigenvalue weighted by Gasteiger charge is -2.18. The Labute approximate surface area is 163 Å². The predicted octanol–water partition coefficient (Wildman–Crippen LogP) is 1.93. The fraction of sp³-hybridized carbons (Fsp3) is 0.300. The highest BCUT2D eigenvalue weighted by Gasteiger charge is 2.28. The van der Waals surface area contributed by atoms with E-state index in [0.717, 1.165) is 5.56 Å². The highest BCUT2D eigenvalue weighted by molar-refractivity contribution is 7.92. The normalized spacial score (nSPS) is 13.3. The first-order chi connectivity index (χ1) is 13.4. The lowest BCUT2D eigenvalue weighted by Crippen LogP contribution is -2.30. The van der Waals surface area contributed by atoms with Gasteiger partial charge in [-0.15, -0.1) is 0 Å². The average molecular weight is 403 g/mol. The van der Waals surface area contributed by atoms with Gasteiger partial charge in [-0.05, 0) is 54.8 Å². The Morgan fingerprint density at radius 3 is 2.43 bits per heavy atom. The minimum atomic E-state index is -3.34. The van der Waals surface area contributed by atoms with Crippen LogP contribution >= 0.6 is 0 Å². The average Bonchev–Trinajstić information content (AvgIpc) is 3.16. The maximum atomic E-state index is 12.4. The van der Waals surface area contributed by atoms with Crippen molar-refractivity contribution in [1.29, 1.82) is 0 Å². The summed E-state index contributed by atoms with van der Waals surface area (Å²) in [5.41, 5.74) is 2.72. The van der Waals surface area contributed by atoms with Gasteiger partial charge in [-0.1, -0.05) is 12.1 Å². The third-order valence-corrected chi connectivity index (χ3v) is 6.44. The molecule has 0 aliphatic carbocycles. The van der Waals surface area contributed by atoms with Crippen LogP contribution in [0.1, 0.15) is 38.8 Å². The Morgan fingerprint density at radius 2 is 1.79 bits per heavy atom. The van der Waals surface area contributed by atoms with Gasteiger partial charge in [0.25, 0.3) is 0 Å². The van der Waals surface area contributed by atoms with Gasteiger partial charge in [-0.25, -0.2) is 13.2 Å². The zero-order chi connectivity index (χ0) is 20.3. The topological polar surface area (TPSA) is 101 Å². The number of fused-ring (bicyclic) bond motifs is 1. The van der Waals surface area contributed by atoms with E-state index in [9.17, 15) is 18.0 Å². The van der Waals surface area contributed by atoms with E-state index in [2.05, 4.69) is 0 Å². The fourth-order valence-corrected chi connectivity index (χ4v) is 4.19. The van der Waals surface area contributed by atoms with Crippen LogP contribution in [0.2, 0.25) is 0 Å². The number of ketones is 1. The Morgan fingerprint density at radius 1 is 1.11 bits per heavy atom. The van der Waals surface area contributed by atoms with Crippen molar-refractivity contribution in [3.05, 3.63) is 64.7 Å². The molecule has 3 rings (SSSR count). The number of anilines is 1. The highest BCUT2D eigenvalue weighted by atomic mass is 32.2. The van der Waals surface area contributed by atoms with Gasteiger partial charge in [-0.3, -0.25) is 9.10 Å². The number of hydrogen-bond donors (Lipinski definition) is 1. The van der Waals surface area contributed by atoms with Crippen LogP contribution in [0.25, 0.3) is 0 Å². The molecule has 1 heterocycles. The number of nitrogens with zero attached hydrogens (tertiary/aromatic N) is 1. The van der Waals surface area contributed by atoms with Gasteiger partial charge in [0.2, 0.25) is 10.0 Å². The maximum absolute atomic E-state index is 12.4. The number of aliphatic hydroxyl groups excluding tert-OH is 1. The quantitative estimate of drug-likeness (QED) is 0.560. The second kappa shape index (κ2) is 8.12. The molecule has 1 N–H and O–H groups in total. The van der Waals surface area contributed by atoms with Crippen molar-refractivity contribution >= 4 is 27.5 Å². The molecule has 8 heteroatoms. The highest BCUT2D eigenvalue weighted by Crippen LogP contribution is 2.31. The summed E-state index contributed by atoms with van der Waals surface area (Å²) in [6.07, 6.45) is 0.534. The molecule has 1 aliphatic heterocycles. The van der Waals surface area contributed by atoms with Crippen LogP contribution in [0.5, 0.6) is 0 Å². The van der Waals surface area contributed by atoms with Gasteiger partial charge in [0.15, 0.2) is 12.4 Å². The summed E-state index contributed by atoms with van der Waals surface area (Å²) >= 11 is 0. The van der Waals surface area contributed by atoms with E-state index in [0.29, 0.717) is 35.3 Å². The summed E-state index contributed by atoms with van der Waals surface area (Å²) in [6.45, 7) is 1.43. The third kappa shape index (κ3) is 4.07. The first-order valence-corrected chi connectivity index (χ1v) is 10.5. The molecule has 0 saturated carbocycles. The summed E-state index contributed by atoms with van der Waals surface area (Å²) in [5, 5.41) is 9.01. The smallest absolute Gasteiger partial charge is 0.338 e. The van der Waals surface area contributed by atoms with E-state index in [4.69, 9.17) is 9.84 Å². The number of esters is 1. The molecule has 28 heavy (non-hydrogen) atoms. The second-order valence-electron chi connectivity index (χ2n) is 6.42. The van der Waals surface area contributed by atoms with E-state index in [1.165, 1.54) is 16.4 Å². The lowest BCUT2D eigenvalue weighted by atomic mass is 10.1. The predicted molar refractivity (Wildman–Crippen MR) is 104 cm³/mol. The molecular weight excluding hydrogens is 382 g/mol. The van der Waals surface area contributed by atoms with Crippen molar-refractivity contribution in [2.75, 3.05) is 23.2 Å². The van der Waals surface area contributed by atoms with Crippen LogP contribution in [0, 0.1) is 0 Å². The van der Waals surface area contributed by atoms with E-state index in [-0.39, 0.29) is 18.1 Å². The second-order valence-corrected chi connectivity index (χ2v) is 8.60. The molecular formula is C20H21NO6S. The molecule has 2 aromatic rings. The van der Waals surface area contributed by atoms with Crippen LogP contribution in [0.4, 0.5) is 5.69 Å². The number of hydrogen-bond acceptors (Lipinski definition) is 6. The van der Waals surface area contributed by atoms with Crippen molar-refractivity contribution in [2.24, 2.45) is 0 Å².